The molecule has 2 amide bonds. The number of thiazole rings is 1. The monoisotopic (exact) mass is 672 g/mol. The number of hydrogen-bond donors (Lipinski definition) is 1. The van der Waals surface area contributed by atoms with Crippen LogP contribution in [0, 0.1) is 43.4 Å². The molecular weight excluding hydrogens is 644 g/mol. The first-order valence-corrected chi connectivity index (χ1v) is 17.1. The van der Waals surface area contributed by atoms with Gasteiger partial charge in [0, 0.05) is 26.1 Å². The number of aromatic amines is 1. The van der Waals surface area contributed by atoms with Crippen LogP contribution in [0.4, 0.5) is 5.69 Å². The Labute approximate surface area is 266 Å². The molecule has 0 unspecified atom stereocenters. The summed E-state index contributed by atoms with van der Waals surface area (Å²) >= 11 is 6.66. The lowest BCUT2D eigenvalue weighted by atomic mass is 9.68. The number of carbonyl (C=O) groups is 2. The summed E-state index contributed by atoms with van der Waals surface area (Å²) in [5.41, 5.74) is 5.03. The van der Waals surface area contributed by atoms with E-state index in [1.807, 2.05) is 49.4 Å². The zero-order valence-electron chi connectivity index (χ0n) is 23.6. The zero-order chi connectivity index (χ0) is 29.6. The van der Waals surface area contributed by atoms with Gasteiger partial charge in [-0.3, -0.25) is 19.3 Å². The Morgan fingerprint density at radius 1 is 0.930 bits per heavy atom. The van der Waals surface area contributed by atoms with Crippen molar-refractivity contribution < 1.29 is 14.3 Å². The van der Waals surface area contributed by atoms with E-state index in [0.717, 1.165) is 43.2 Å². The lowest BCUT2D eigenvalue weighted by Crippen LogP contribution is -2.42. The van der Waals surface area contributed by atoms with Crippen molar-refractivity contribution in [3.05, 3.63) is 108 Å². The second-order valence-corrected chi connectivity index (χ2v) is 15.4. The molecule has 1 aromatic heterocycles. The van der Waals surface area contributed by atoms with Gasteiger partial charge in [0.15, 0.2) is 0 Å². The number of thioether (sulfide) groups is 1. The fourth-order valence-corrected chi connectivity index (χ4v) is 11.4. The summed E-state index contributed by atoms with van der Waals surface area (Å²) in [6.07, 6.45) is 0.847. The van der Waals surface area contributed by atoms with Crippen LogP contribution < -0.4 is 14.5 Å². The molecule has 3 aromatic carbocycles. The molecule has 2 saturated carbocycles. The topological polar surface area (TPSA) is 79.5 Å². The number of rotatable bonds is 5. The number of nitrogens with zero attached hydrogens (tertiary/aromatic N) is 1. The van der Waals surface area contributed by atoms with E-state index in [9.17, 15) is 14.4 Å². The van der Waals surface area contributed by atoms with E-state index in [0.29, 0.717) is 12.3 Å². The van der Waals surface area contributed by atoms with Crippen LogP contribution in [0.5, 0.6) is 5.75 Å². The van der Waals surface area contributed by atoms with Gasteiger partial charge in [0.1, 0.15) is 12.4 Å². The summed E-state index contributed by atoms with van der Waals surface area (Å²) in [5, 5.41) is 1.01. The van der Waals surface area contributed by atoms with Gasteiger partial charge in [-0.25, -0.2) is 0 Å². The van der Waals surface area contributed by atoms with Crippen molar-refractivity contribution in [1.29, 1.82) is 0 Å². The number of fused-ring (bicyclic) bond motifs is 9. The lowest BCUT2D eigenvalue weighted by Gasteiger charge is -2.43. The van der Waals surface area contributed by atoms with Crippen molar-refractivity contribution >= 4 is 56.5 Å². The molecule has 9 heteroatoms. The molecule has 218 valence electrons. The third kappa shape index (κ3) is 4.30. The molecule has 2 bridgehead atoms. The molecule has 2 aliphatic carbocycles. The summed E-state index contributed by atoms with van der Waals surface area (Å²) in [5.74, 6) is 0.0505. The molecule has 1 N–H and O–H groups in total. The second kappa shape index (κ2) is 10.2. The maximum absolute atomic E-state index is 14.1. The maximum atomic E-state index is 14.1. The van der Waals surface area contributed by atoms with E-state index in [-0.39, 0.29) is 57.4 Å². The smallest absolute Gasteiger partial charge is 0.305 e. The van der Waals surface area contributed by atoms with Gasteiger partial charge in [-0.1, -0.05) is 74.8 Å². The van der Waals surface area contributed by atoms with E-state index >= 15 is 0 Å². The number of ether oxygens (including phenoxy) is 1. The van der Waals surface area contributed by atoms with Gasteiger partial charge in [0.25, 0.3) is 0 Å². The summed E-state index contributed by atoms with van der Waals surface area (Å²) in [4.78, 5) is 46.2. The van der Waals surface area contributed by atoms with Crippen LogP contribution in [0.2, 0.25) is 0 Å². The number of benzene rings is 3. The Hall–Kier alpha value is -3.14. The van der Waals surface area contributed by atoms with Crippen molar-refractivity contribution in [2.24, 2.45) is 29.6 Å². The number of imide groups is 1. The van der Waals surface area contributed by atoms with Crippen molar-refractivity contribution in [3.8, 4) is 5.75 Å². The minimum atomic E-state index is -0.343. The fourth-order valence-electron chi connectivity index (χ4n) is 8.17. The number of aryl methyl sites for hydroxylation is 2. The molecule has 2 aliphatic heterocycles. The predicted molar refractivity (Wildman–Crippen MR) is 172 cm³/mol. The first kappa shape index (κ1) is 27.4. The molecular formula is C34H29BrN2O4S2. The first-order valence-electron chi connectivity index (χ1n) is 14.6. The van der Waals surface area contributed by atoms with Crippen LogP contribution in [0.1, 0.15) is 39.5 Å². The summed E-state index contributed by atoms with van der Waals surface area (Å²) in [6.45, 7) is 4.50. The Morgan fingerprint density at radius 2 is 1.70 bits per heavy atom. The van der Waals surface area contributed by atoms with Crippen LogP contribution in [0.15, 0.2) is 81.0 Å². The quantitative estimate of drug-likeness (QED) is 0.229. The molecule has 0 spiro atoms. The molecule has 3 heterocycles. The average Bonchev–Trinajstić information content (AvgIpc) is 3.72. The Bertz CT molecular complexity index is 1850. The van der Waals surface area contributed by atoms with Crippen LogP contribution >= 0.6 is 39.0 Å². The van der Waals surface area contributed by atoms with E-state index in [1.165, 1.54) is 21.8 Å². The highest BCUT2D eigenvalue weighted by atomic mass is 79.9. The highest BCUT2D eigenvalue weighted by Gasteiger charge is 2.69. The normalized spacial score (nSPS) is 28.6. The van der Waals surface area contributed by atoms with E-state index < -0.39 is 0 Å². The Morgan fingerprint density at radius 3 is 2.47 bits per heavy atom. The Balaban J connectivity index is 1.20. The van der Waals surface area contributed by atoms with Gasteiger partial charge in [0.05, 0.1) is 22.5 Å². The average molecular weight is 674 g/mol. The predicted octanol–water partition coefficient (Wildman–Crippen LogP) is 7.07. The molecule has 1 saturated heterocycles. The zero-order valence-corrected chi connectivity index (χ0v) is 26.8. The highest BCUT2D eigenvalue weighted by molar-refractivity contribution is 9.10. The minimum Gasteiger partial charge on any atom is -0.489 e. The van der Waals surface area contributed by atoms with Crippen molar-refractivity contribution in [1.82, 2.24) is 4.98 Å². The van der Waals surface area contributed by atoms with Gasteiger partial charge in [-0.2, -0.15) is 0 Å². The van der Waals surface area contributed by atoms with Crippen LogP contribution in [-0.2, 0) is 16.2 Å². The summed E-state index contributed by atoms with van der Waals surface area (Å²) in [7, 11) is 0. The third-order valence-corrected chi connectivity index (χ3v) is 12.9. The third-order valence-electron chi connectivity index (χ3n) is 9.80. The van der Waals surface area contributed by atoms with Crippen LogP contribution in [-0.4, -0.2) is 22.0 Å². The Kier molecular flexibility index (Phi) is 6.51. The van der Waals surface area contributed by atoms with Gasteiger partial charge < -0.3 is 9.72 Å². The number of aromatic nitrogens is 1. The SMILES string of the molecule is Cc1ccc(N2C(=O)[C@H]3[C@H]4C[C@@H]([C@@H]3C2=O)[C@H]2[C@H](c3cc(Br)ccc3OCc3cccc(C)c3)c3sc(=O)[nH]c3S[C@H]42)cc1. The second-order valence-electron chi connectivity index (χ2n) is 12.3. The first-order chi connectivity index (χ1) is 20.8. The highest BCUT2D eigenvalue weighted by Crippen LogP contribution is 2.69. The van der Waals surface area contributed by atoms with Gasteiger partial charge in [-0.15, -0.1) is 11.8 Å². The number of anilines is 1. The summed E-state index contributed by atoms with van der Waals surface area (Å²) in [6, 6.07) is 22.0. The van der Waals surface area contributed by atoms with Crippen LogP contribution in [0.3, 0.4) is 0 Å². The number of halogens is 1. The number of hydrogen-bond acceptors (Lipinski definition) is 6. The van der Waals surface area contributed by atoms with Gasteiger partial charge >= 0.3 is 4.87 Å². The number of amides is 2. The van der Waals surface area contributed by atoms with Crippen LogP contribution in [0.25, 0.3) is 0 Å². The fraction of sp³-hybridized carbons (Fsp3) is 0.324. The van der Waals surface area contributed by atoms with Gasteiger partial charge in [-0.05, 0) is 73.9 Å². The molecule has 43 heavy (non-hydrogen) atoms. The maximum Gasteiger partial charge on any atom is 0.305 e. The molecule has 7 atom stereocenters. The number of carbonyl (C=O) groups excluding carboxylic acids is 2. The molecule has 0 radical (unpaired) electrons. The molecule has 6 nitrogen and oxygen atoms in total. The van der Waals surface area contributed by atoms with Crippen molar-refractivity contribution in [2.45, 2.75) is 43.1 Å². The molecule has 8 rings (SSSR count). The number of H-pyrrole nitrogens is 1. The summed E-state index contributed by atoms with van der Waals surface area (Å²) < 4.78 is 7.44. The molecule has 4 aliphatic rings. The minimum absolute atomic E-state index is 0.0401. The molecule has 4 aromatic rings. The van der Waals surface area contributed by atoms with E-state index in [2.05, 4.69) is 52.1 Å². The largest absolute Gasteiger partial charge is 0.489 e. The van der Waals surface area contributed by atoms with Crippen molar-refractivity contribution in [3.63, 3.8) is 0 Å². The lowest BCUT2D eigenvalue weighted by molar-refractivity contribution is -0.123. The number of nitrogens with one attached hydrogen (secondary N) is 1. The van der Waals surface area contributed by atoms with Crippen molar-refractivity contribution in [2.75, 3.05) is 4.90 Å². The van der Waals surface area contributed by atoms with E-state index in [4.69, 9.17) is 4.74 Å². The van der Waals surface area contributed by atoms with E-state index in [1.54, 1.807) is 11.8 Å². The van der Waals surface area contributed by atoms with Gasteiger partial charge in [0.2, 0.25) is 11.8 Å². The standard InChI is InChI=1S/C34H29BrN2O4S2/c1-16-6-9-20(10-7-16)37-32(38)27-22-14-23(28(27)33(37)39)29-26(22)25(30-31(42-29)36-34(40)43-30)21-13-19(35)8-11-24(21)41-15-18-5-3-4-17(2)12-18/h3-13,22-23,25-29H,14-15H2,1-2H3,(H,36,40)/t22-,23-,25+,26+,27+,28+,29-/m1/s1. The molecule has 3 fully saturated rings.